The molecule has 3 aromatic rings. The lowest BCUT2D eigenvalue weighted by Gasteiger charge is -2.17. The summed E-state index contributed by atoms with van der Waals surface area (Å²) < 4.78 is 40.7. The van der Waals surface area contributed by atoms with Crippen molar-refractivity contribution in [1.29, 1.82) is 0 Å². The van der Waals surface area contributed by atoms with E-state index in [1.807, 2.05) is 12.1 Å². The Kier molecular flexibility index (Phi) is 10.7. The molecule has 232 valence electrons. The zero-order chi connectivity index (χ0) is 31.9. The zero-order valence-corrected chi connectivity index (χ0v) is 24.9. The predicted molar refractivity (Wildman–Crippen MR) is 165 cm³/mol. The molecular formula is C32H33F3N4O4S. The number of nitrogen functional groups attached to an aromatic ring is 1. The van der Waals surface area contributed by atoms with Gasteiger partial charge in [-0.25, -0.2) is 10.2 Å². The van der Waals surface area contributed by atoms with E-state index >= 15 is 0 Å². The van der Waals surface area contributed by atoms with E-state index in [0.29, 0.717) is 17.8 Å². The Balaban J connectivity index is 1.52. The summed E-state index contributed by atoms with van der Waals surface area (Å²) in [5, 5.41) is 13.1. The van der Waals surface area contributed by atoms with E-state index in [2.05, 4.69) is 17.5 Å². The molecule has 0 aromatic heterocycles. The number of hydrogen-bond acceptors (Lipinski definition) is 6. The largest absolute Gasteiger partial charge is 0.478 e. The third-order valence-corrected chi connectivity index (χ3v) is 8.25. The van der Waals surface area contributed by atoms with Crippen molar-refractivity contribution in [1.82, 2.24) is 5.43 Å². The number of fused-ring (bicyclic) bond motifs is 1. The lowest BCUT2D eigenvalue weighted by atomic mass is 10.0. The second kappa shape index (κ2) is 14.4. The van der Waals surface area contributed by atoms with Gasteiger partial charge >= 0.3 is 12.1 Å². The number of hydrogen-bond donors (Lipinski definition) is 3. The van der Waals surface area contributed by atoms with E-state index in [9.17, 15) is 27.6 Å². The van der Waals surface area contributed by atoms with Crippen LogP contribution in [0.15, 0.2) is 70.7 Å². The van der Waals surface area contributed by atoms with E-state index in [1.54, 1.807) is 47.0 Å². The third kappa shape index (κ3) is 7.79. The summed E-state index contributed by atoms with van der Waals surface area (Å²) in [7, 11) is 0. The number of halogens is 3. The second-order valence-electron chi connectivity index (χ2n) is 10.3. The first-order chi connectivity index (χ1) is 21.0. The van der Waals surface area contributed by atoms with Crippen molar-refractivity contribution in [2.24, 2.45) is 5.10 Å². The average molecular weight is 627 g/mol. The molecule has 3 aromatic carbocycles. The Morgan fingerprint density at radius 3 is 2.45 bits per heavy atom. The number of carbonyl (C=O) groups is 3. The first kappa shape index (κ1) is 32.6. The molecule has 0 fully saturated rings. The highest BCUT2D eigenvalue weighted by molar-refractivity contribution is 7.99. The van der Waals surface area contributed by atoms with Crippen LogP contribution in [0.1, 0.15) is 76.4 Å². The number of nitrogens with one attached hydrogen (secondary N) is 1. The molecule has 0 bridgehead atoms. The Morgan fingerprint density at radius 2 is 1.77 bits per heavy atom. The molecule has 1 aliphatic rings. The zero-order valence-electron chi connectivity index (χ0n) is 24.1. The first-order valence-corrected chi connectivity index (χ1v) is 15.2. The number of thioether (sulfide) groups is 1. The standard InChI is InChI=1S/C32H33F3N4O4S/c1-2-3-4-5-17-39-26-16-15-22(44-18-7-8-20-11-13-21(14-12-20)31(42)43)19-23(26)28(30(39)41)37-38-29(40)27-24(32(33,34)35)9-6-10-25(27)36/h6,9-16,19H,2-5,7-8,17-18,36H2,1H3,(H,38,40)(H,42,43). The van der Waals surface area contributed by atoms with Gasteiger partial charge in [-0.3, -0.25) is 9.59 Å². The van der Waals surface area contributed by atoms with Crippen molar-refractivity contribution in [3.05, 3.63) is 88.5 Å². The summed E-state index contributed by atoms with van der Waals surface area (Å²) in [6.07, 6.45) is 0.494. The number of carbonyl (C=O) groups excluding carboxylic acids is 2. The molecule has 0 saturated carbocycles. The quantitative estimate of drug-likeness (QED) is 0.0832. The SMILES string of the molecule is CCCCCCN1C(=O)C(=NNC(=O)c2c(N)cccc2C(F)(F)F)c2cc(SCCCc3ccc(C(=O)O)cc3)ccc21. The van der Waals surface area contributed by atoms with Crippen LogP contribution in [-0.4, -0.2) is 40.9 Å². The minimum atomic E-state index is -4.81. The number of hydrazone groups is 1. The van der Waals surface area contributed by atoms with E-state index in [-0.39, 0.29) is 17.0 Å². The summed E-state index contributed by atoms with van der Waals surface area (Å²) >= 11 is 1.56. The molecule has 12 heteroatoms. The Labute approximate surface area is 257 Å². The van der Waals surface area contributed by atoms with Gasteiger partial charge in [0.2, 0.25) is 0 Å². The fourth-order valence-electron chi connectivity index (χ4n) is 4.91. The van der Waals surface area contributed by atoms with Crippen LogP contribution in [0.4, 0.5) is 24.5 Å². The Morgan fingerprint density at radius 1 is 1.02 bits per heavy atom. The highest BCUT2D eigenvalue weighted by Gasteiger charge is 2.37. The first-order valence-electron chi connectivity index (χ1n) is 14.3. The average Bonchev–Trinajstić information content (AvgIpc) is 3.25. The van der Waals surface area contributed by atoms with Gasteiger partial charge < -0.3 is 15.7 Å². The number of amides is 2. The van der Waals surface area contributed by atoms with Crippen molar-refractivity contribution in [2.75, 3.05) is 22.9 Å². The number of unbranched alkanes of at least 4 members (excludes halogenated alkanes) is 3. The molecule has 4 rings (SSSR count). The fraction of sp³-hybridized carbons (Fsp3) is 0.312. The third-order valence-electron chi connectivity index (χ3n) is 7.17. The van der Waals surface area contributed by atoms with Crippen LogP contribution in [-0.2, 0) is 17.4 Å². The minimum Gasteiger partial charge on any atom is -0.478 e. The molecule has 2 amide bonds. The highest BCUT2D eigenvalue weighted by atomic mass is 32.2. The summed E-state index contributed by atoms with van der Waals surface area (Å²) in [5.74, 6) is -1.84. The van der Waals surface area contributed by atoms with E-state index in [4.69, 9.17) is 10.8 Å². The minimum absolute atomic E-state index is 0.0622. The van der Waals surface area contributed by atoms with Crippen molar-refractivity contribution >= 4 is 46.6 Å². The molecule has 0 atom stereocenters. The van der Waals surface area contributed by atoms with Crippen LogP contribution in [0.5, 0.6) is 0 Å². The van der Waals surface area contributed by atoms with Gasteiger partial charge in [0.05, 0.1) is 22.4 Å². The van der Waals surface area contributed by atoms with Gasteiger partial charge in [0, 0.05) is 22.7 Å². The van der Waals surface area contributed by atoms with Crippen LogP contribution >= 0.6 is 11.8 Å². The molecule has 0 saturated heterocycles. The van der Waals surface area contributed by atoms with Gasteiger partial charge in [-0.05, 0) is 73.0 Å². The van der Waals surface area contributed by atoms with Crippen LogP contribution in [0.3, 0.4) is 0 Å². The van der Waals surface area contributed by atoms with Crippen LogP contribution in [0, 0.1) is 0 Å². The summed E-state index contributed by atoms with van der Waals surface area (Å²) in [6, 6.07) is 15.3. The summed E-state index contributed by atoms with van der Waals surface area (Å²) in [5.41, 5.74) is 7.86. The van der Waals surface area contributed by atoms with Crippen LogP contribution < -0.4 is 16.1 Å². The van der Waals surface area contributed by atoms with E-state index in [0.717, 1.165) is 66.9 Å². The van der Waals surface area contributed by atoms with Gasteiger partial charge in [0.1, 0.15) is 0 Å². The molecule has 44 heavy (non-hydrogen) atoms. The van der Waals surface area contributed by atoms with E-state index in [1.165, 1.54) is 6.07 Å². The molecule has 4 N–H and O–H groups in total. The maximum atomic E-state index is 13.6. The maximum absolute atomic E-state index is 13.6. The summed E-state index contributed by atoms with van der Waals surface area (Å²) in [4.78, 5) is 39.8. The molecular weight excluding hydrogens is 593 g/mol. The molecule has 0 aliphatic carbocycles. The number of nitrogens with zero attached hydrogens (tertiary/aromatic N) is 2. The van der Waals surface area contributed by atoms with Crippen molar-refractivity contribution in [2.45, 2.75) is 56.5 Å². The van der Waals surface area contributed by atoms with Crippen LogP contribution in [0.2, 0.25) is 0 Å². The lowest BCUT2D eigenvalue weighted by molar-refractivity contribution is -0.137. The van der Waals surface area contributed by atoms with Gasteiger partial charge in [-0.2, -0.15) is 18.3 Å². The van der Waals surface area contributed by atoms with Gasteiger partial charge in [-0.1, -0.05) is 44.4 Å². The maximum Gasteiger partial charge on any atom is 0.417 e. The monoisotopic (exact) mass is 626 g/mol. The topological polar surface area (TPSA) is 125 Å². The van der Waals surface area contributed by atoms with Gasteiger partial charge in [0.15, 0.2) is 5.71 Å². The second-order valence-corrected chi connectivity index (χ2v) is 11.5. The number of benzene rings is 3. The molecule has 8 nitrogen and oxygen atoms in total. The van der Waals surface area contributed by atoms with Gasteiger partial charge in [-0.15, -0.1) is 11.8 Å². The fourth-order valence-corrected chi connectivity index (χ4v) is 5.80. The number of carboxylic acids is 1. The number of anilines is 2. The molecule has 1 heterocycles. The number of rotatable bonds is 13. The summed E-state index contributed by atoms with van der Waals surface area (Å²) in [6.45, 7) is 2.53. The smallest absolute Gasteiger partial charge is 0.417 e. The van der Waals surface area contributed by atoms with Crippen molar-refractivity contribution < 1.29 is 32.7 Å². The number of aromatic carboxylic acids is 1. The normalized spacial score (nSPS) is 13.8. The molecule has 0 radical (unpaired) electrons. The number of aryl methyl sites for hydroxylation is 1. The molecule has 0 spiro atoms. The molecule has 0 unspecified atom stereocenters. The van der Waals surface area contributed by atoms with Crippen LogP contribution in [0.25, 0.3) is 0 Å². The molecule has 1 aliphatic heterocycles. The highest BCUT2D eigenvalue weighted by Crippen LogP contribution is 2.35. The Hall–Kier alpha value is -4.32. The van der Waals surface area contributed by atoms with Crippen molar-refractivity contribution in [3.63, 3.8) is 0 Å². The van der Waals surface area contributed by atoms with Gasteiger partial charge in [0.25, 0.3) is 11.8 Å². The van der Waals surface area contributed by atoms with E-state index < -0.39 is 35.1 Å². The Bertz CT molecular complexity index is 1560. The number of alkyl halides is 3. The predicted octanol–water partition coefficient (Wildman–Crippen LogP) is 6.77. The number of nitrogens with two attached hydrogens (primary N) is 1. The van der Waals surface area contributed by atoms with Crippen molar-refractivity contribution in [3.8, 4) is 0 Å². The lowest BCUT2D eigenvalue weighted by Crippen LogP contribution is -2.33. The number of carboxylic acid groups (broad SMARTS) is 1.